The second kappa shape index (κ2) is 9.20. The van der Waals surface area contributed by atoms with Crippen LogP contribution in [0.2, 0.25) is 5.02 Å². The van der Waals surface area contributed by atoms with Crippen molar-refractivity contribution in [3.8, 4) is 0 Å². The van der Waals surface area contributed by atoms with E-state index in [2.05, 4.69) is 4.98 Å². The monoisotopic (exact) mass is 595 g/mol. The number of carbonyl (C=O) groups excluding carboxylic acids is 3. The Hall–Kier alpha value is -4.60. The zero-order valence-electron chi connectivity index (χ0n) is 22.7. The van der Waals surface area contributed by atoms with Gasteiger partial charge >= 0.3 is 0 Å². The van der Waals surface area contributed by atoms with Crippen molar-refractivity contribution in [3.05, 3.63) is 121 Å². The molecule has 5 aromatic rings. The molecule has 0 saturated heterocycles. The lowest BCUT2D eigenvalue weighted by Gasteiger charge is -2.32. The zero-order valence-corrected chi connectivity index (χ0v) is 24.3. The van der Waals surface area contributed by atoms with Gasteiger partial charge in [0.25, 0.3) is 11.8 Å². The molecule has 0 bridgehead atoms. The first-order chi connectivity index (χ1) is 20.1. The molecule has 4 heterocycles. The van der Waals surface area contributed by atoms with Crippen LogP contribution in [-0.2, 0) is 16.9 Å². The Labute approximate surface area is 248 Å². The van der Waals surface area contributed by atoms with Crippen LogP contribution in [0.25, 0.3) is 11.0 Å². The molecule has 0 aliphatic carbocycles. The molecular weight excluding hydrogens is 574 g/mol. The number of nitrogens with zero attached hydrogens (tertiary/aromatic N) is 3. The van der Waals surface area contributed by atoms with Gasteiger partial charge in [0.05, 0.1) is 33.8 Å². The molecule has 1 spiro atoms. The molecule has 42 heavy (non-hydrogen) atoms. The summed E-state index contributed by atoms with van der Waals surface area (Å²) in [7, 11) is 0. The summed E-state index contributed by atoms with van der Waals surface area (Å²) in [4.78, 5) is 63.9. The van der Waals surface area contributed by atoms with Crippen LogP contribution >= 0.6 is 22.9 Å². The summed E-state index contributed by atoms with van der Waals surface area (Å²) in [6, 6.07) is 19.4. The first kappa shape index (κ1) is 26.3. The van der Waals surface area contributed by atoms with Gasteiger partial charge in [-0.2, -0.15) is 0 Å². The number of benzene rings is 3. The summed E-state index contributed by atoms with van der Waals surface area (Å²) >= 11 is 7.51. The standard InChI is InChI=1S/C32H22ClN3O5S/c1-16-12-13-24-20(14-16)26(38)25-27(41-24)29(39)36(31-34-17(2)28(42-31)18(3)37)32(25)21-9-5-7-11-23(21)35(30(32)40)15-19-8-4-6-10-22(19)33/h4-14H,15H2,1-3H3. The lowest BCUT2D eigenvalue weighted by atomic mass is 9.84. The lowest BCUT2D eigenvalue weighted by molar-refractivity contribution is -0.121. The number of para-hydroxylation sites is 1. The molecule has 10 heteroatoms. The molecule has 0 radical (unpaired) electrons. The van der Waals surface area contributed by atoms with E-state index in [-0.39, 0.29) is 39.8 Å². The Morgan fingerprint density at radius 1 is 1.02 bits per heavy atom. The van der Waals surface area contributed by atoms with Gasteiger partial charge in [0.15, 0.2) is 21.9 Å². The summed E-state index contributed by atoms with van der Waals surface area (Å²) in [6.45, 7) is 5.04. The molecule has 3 aromatic carbocycles. The normalized spacial score (nSPS) is 17.4. The van der Waals surface area contributed by atoms with Gasteiger partial charge in [-0.25, -0.2) is 4.98 Å². The fourth-order valence-electron chi connectivity index (χ4n) is 6.04. The quantitative estimate of drug-likeness (QED) is 0.230. The highest BCUT2D eigenvalue weighted by atomic mass is 35.5. The van der Waals surface area contributed by atoms with E-state index in [0.29, 0.717) is 32.4 Å². The van der Waals surface area contributed by atoms with Crippen LogP contribution in [-0.4, -0.2) is 22.6 Å². The predicted octanol–water partition coefficient (Wildman–Crippen LogP) is 6.17. The lowest BCUT2D eigenvalue weighted by Crippen LogP contribution is -2.53. The Morgan fingerprint density at radius 3 is 2.50 bits per heavy atom. The summed E-state index contributed by atoms with van der Waals surface area (Å²) in [6.07, 6.45) is 0. The number of aromatic nitrogens is 1. The van der Waals surface area contributed by atoms with Gasteiger partial charge in [0.1, 0.15) is 5.58 Å². The van der Waals surface area contributed by atoms with E-state index in [4.69, 9.17) is 16.0 Å². The van der Waals surface area contributed by atoms with Crippen molar-refractivity contribution in [1.29, 1.82) is 0 Å². The average molecular weight is 596 g/mol. The summed E-state index contributed by atoms with van der Waals surface area (Å²) in [5.74, 6) is -1.65. The molecule has 8 nitrogen and oxygen atoms in total. The fraction of sp³-hybridized carbons (Fsp3) is 0.156. The number of thiazole rings is 1. The third-order valence-electron chi connectivity index (χ3n) is 7.86. The number of ketones is 1. The molecule has 2 aliphatic rings. The van der Waals surface area contributed by atoms with Crippen LogP contribution in [0.5, 0.6) is 0 Å². The largest absolute Gasteiger partial charge is 0.450 e. The van der Waals surface area contributed by atoms with Crippen molar-refractivity contribution >= 4 is 62.3 Å². The Balaban J connectivity index is 1.57. The third kappa shape index (κ3) is 3.44. The maximum absolute atomic E-state index is 15.0. The van der Waals surface area contributed by atoms with E-state index in [9.17, 15) is 19.2 Å². The van der Waals surface area contributed by atoms with Gasteiger partial charge < -0.3 is 9.32 Å². The van der Waals surface area contributed by atoms with Gasteiger partial charge in [-0.15, -0.1) is 0 Å². The molecule has 0 fully saturated rings. The van der Waals surface area contributed by atoms with Gasteiger partial charge in [0.2, 0.25) is 5.76 Å². The van der Waals surface area contributed by atoms with Crippen LogP contribution in [0, 0.1) is 13.8 Å². The Bertz CT molecular complexity index is 2080. The topological polar surface area (TPSA) is 101 Å². The molecule has 2 aliphatic heterocycles. The van der Waals surface area contributed by atoms with Crippen molar-refractivity contribution in [2.75, 3.05) is 9.80 Å². The van der Waals surface area contributed by atoms with Crippen LogP contribution < -0.4 is 15.2 Å². The summed E-state index contributed by atoms with van der Waals surface area (Å²) in [5.41, 5.74) is 0.680. The summed E-state index contributed by atoms with van der Waals surface area (Å²) in [5, 5.41) is 0.861. The van der Waals surface area contributed by atoms with E-state index in [1.54, 1.807) is 61.5 Å². The molecule has 1 unspecified atom stereocenters. The number of rotatable bonds is 4. The van der Waals surface area contributed by atoms with E-state index >= 15 is 0 Å². The van der Waals surface area contributed by atoms with Gasteiger partial charge in [-0.05, 0) is 43.7 Å². The van der Waals surface area contributed by atoms with Gasteiger partial charge in [-0.3, -0.25) is 24.1 Å². The highest BCUT2D eigenvalue weighted by Gasteiger charge is 2.66. The third-order valence-corrected chi connectivity index (χ3v) is 9.47. The maximum atomic E-state index is 15.0. The molecule has 7 rings (SSSR count). The highest BCUT2D eigenvalue weighted by molar-refractivity contribution is 7.17. The van der Waals surface area contributed by atoms with Crippen LogP contribution in [0.3, 0.4) is 0 Å². The number of hydrogen-bond donors (Lipinski definition) is 0. The molecule has 2 amide bonds. The average Bonchev–Trinajstić information content (AvgIpc) is 3.55. The minimum atomic E-state index is -1.92. The number of amides is 2. The minimum absolute atomic E-state index is 0.0677. The van der Waals surface area contributed by atoms with Crippen LogP contribution in [0.4, 0.5) is 10.8 Å². The van der Waals surface area contributed by atoms with E-state index in [1.165, 1.54) is 16.7 Å². The van der Waals surface area contributed by atoms with Crippen LogP contribution in [0.15, 0.2) is 75.9 Å². The Morgan fingerprint density at radius 2 is 1.76 bits per heavy atom. The van der Waals surface area contributed by atoms with E-state index < -0.39 is 22.8 Å². The number of Topliss-reactive ketones (excluding diaryl/α,β-unsaturated/α-hetero) is 1. The fourth-order valence-corrected chi connectivity index (χ4v) is 7.24. The molecule has 1 atom stereocenters. The molecule has 2 aromatic heterocycles. The predicted molar refractivity (Wildman–Crippen MR) is 161 cm³/mol. The first-order valence-electron chi connectivity index (χ1n) is 13.2. The summed E-state index contributed by atoms with van der Waals surface area (Å²) < 4.78 is 6.14. The van der Waals surface area contributed by atoms with Crippen molar-refractivity contribution in [2.24, 2.45) is 0 Å². The number of halogens is 1. The smallest absolute Gasteiger partial charge is 0.297 e. The van der Waals surface area contributed by atoms with Gasteiger partial charge in [-0.1, -0.05) is 71.0 Å². The minimum Gasteiger partial charge on any atom is -0.450 e. The van der Waals surface area contributed by atoms with Crippen molar-refractivity contribution in [1.82, 2.24) is 4.98 Å². The molecule has 208 valence electrons. The molecule has 0 saturated carbocycles. The highest BCUT2D eigenvalue weighted by Crippen LogP contribution is 2.55. The first-order valence-corrected chi connectivity index (χ1v) is 14.4. The molecular formula is C32H22ClN3O5S. The van der Waals surface area contributed by atoms with Crippen molar-refractivity contribution in [3.63, 3.8) is 0 Å². The maximum Gasteiger partial charge on any atom is 0.297 e. The number of fused-ring (bicyclic) bond motifs is 5. The van der Waals surface area contributed by atoms with Crippen molar-refractivity contribution in [2.45, 2.75) is 32.9 Å². The van der Waals surface area contributed by atoms with Crippen LogP contribution in [0.1, 0.15) is 55.1 Å². The SMILES string of the molecule is CC(=O)c1sc(N2C(=O)c3oc4ccc(C)cc4c(=O)c3C23C(=O)N(Cc2ccccc2Cl)c2ccccc23)nc1C. The van der Waals surface area contributed by atoms with Crippen molar-refractivity contribution < 1.29 is 18.8 Å². The van der Waals surface area contributed by atoms with E-state index in [1.807, 2.05) is 19.1 Å². The second-order valence-electron chi connectivity index (χ2n) is 10.5. The zero-order chi connectivity index (χ0) is 29.5. The number of hydrogen-bond acceptors (Lipinski definition) is 7. The number of aryl methyl sites for hydroxylation is 2. The van der Waals surface area contributed by atoms with Gasteiger partial charge in [0, 0.05) is 17.5 Å². The van der Waals surface area contributed by atoms with E-state index in [0.717, 1.165) is 16.9 Å². The number of carbonyl (C=O) groups is 3. The molecule has 0 N–H and O–H groups in total. The second-order valence-corrected chi connectivity index (χ2v) is 11.8. The Kier molecular flexibility index (Phi) is 5.77. The number of anilines is 2.